The van der Waals surface area contributed by atoms with Gasteiger partial charge < -0.3 is 29.8 Å². The normalized spacial score (nSPS) is 23.4. The number of carbonyl (C=O) groups excluding carboxylic acids is 2. The number of fused-ring (bicyclic) bond motifs is 2. The number of hydrogen-bond donors (Lipinski definition) is 3. The average molecular weight is 654 g/mol. The third-order valence-electron chi connectivity index (χ3n) is 9.51. The van der Waals surface area contributed by atoms with Crippen molar-refractivity contribution >= 4 is 33.9 Å². The molecule has 13 heteroatoms. The van der Waals surface area contributed by atoms with Gasteiger partial charge in [-0.2, -0.15) is 0 Å². The Kier molecular flexibility index (Phi) is 8.71. The molecule has 0 aliphatic carbocycles. The van der Waals surface area contributed by atoms with Crippen LogP contribution in [0, 0.1) is 5.41 Å². The summed E-state index contributed by atoms with van der Waals surface area (Å²) < 4.78 is 54.8. The number of piperidine rings is 1. The zero-order valence-corrected chi connectivity index (χ0v) is 27.4. The number of methoxy groups -OCH3 is 1. The lowest BCUT2D eigenvalue weighted by molar-refractivity contribution is -0.130. The van der Waals surface area contributed by atoms with Gasteiger partial charge in [-0.05, 0) is 63.1 Å². The molecule has 47 heavy (non-hydrogen) atoms. The zero-order valence-electron chi connectivity index (χ0n) is 27.4. The van der Waals surface area contributed by atoms with E-state index in [2.05, 4.69) is 16.0 Å². The van der Waals surface area contributed by atoms with Gasteiger partial charge >= 0.3 is 0 Å². The monoisotopic (exact) mass is 653 g/mol. The molecule has 0 saturated carbocycles. The summed E-state index contributed by atoms with van der Waals surface area (Å²) in [5, 5.41) is 9.57. The van der Waals surface area contributed by atoms with Crippen LogP contribution in [-0.2, 0) is 18.4 Å². The van der Waals surface area contributed by atoms with E-state index >= 15 is 8.78 Å². The van der Waals surface area contributed by atoms with E-state index in [0.717, 1.165) is 0 Å². The highest BCUT2D eigenvalue weighted by molar-refractivity contribution is 6.00. The van der Waals surface area contributed by atoms with Crippen molar-refractivity contribution in [2.75, 3.05) is 20.2 Å². The van der Waals surface area contributed by atoms with E-state index in [1.54, 1.807) is 35.9 Å². The minimum absolute atomic E-state index is 0.145. The number of aryl methyl sites for hydroxylation is 1. The maximum Gasteiger partial charge on any atom is 0.265 e. The van der Waals surface area contributed by atoms with Gasteiger partial charge in [-0.3, -0.25) is 9.59 Å². The zero-order chi connectivity index (χ0) is 33.7. The van der Waals surface area contributed by atoms with Gasteiger partial charge in [-0.15, -0.1) is 0 Å². The van der Waals surface area contributed by atoms with Crippen molar-refractivity contribution in [2.24, 2.45) is 12.5 Å². The summed E-state index contributed by atoms with van der Waals surface area (Å²) >= 11 is 0. The first-order valence-electron chi connectivity index (χ1n) is 16.2. The first-order valence-corrected chi connectivity index (χ1v) is 16.2. The van der Waals surface area contributed by atoms with Gasteiger partial charge in [0.05, 0.1) is 42.6 Å². The molecular formula is C34H42F3N7O3. The molecule has 3 atom stereocenters. The molecule has 4 aromatic rings. The maximum absolute atomic E-state index is 15.7. The Labute approximate surface area is 271 Å². The molecule has 10 nitrogen and oxygen atoms in total. The number of alkyl halides is 3. The molecule has 252 valence electrons. The molecule has 0 radical (unpaired) electrons. The third kappa shape index (κ3) is 6.41. The number of carbonyl (C=O) groups is 2. The Balaban J connectivity index is 1.45. The summed E-state index contributed by atoms with van der Waals surface area (Å²) in [6, 6.07) is 7.47. The number of hydrogen-bond acceptors (Lipinski definition) is 6. The van der Waals surface area contributed by atoms with Gasteiger partial charge in [-0.1, -0.05) is 20.3 Å². The Morgan fingerprint density at radius 1 is 1.13 bits per heavy atom. The number of ether oxygens (including phenoxy) is 1. The number of imidazole rings is 1. The van der Waals surface area contributed by atoms with E-state index in [4.69, 9.17) is 14.7 Å². The van der Waals surface area contributed by atoms with E-state index < -0.39 is 42.0 Å². The van der Waals surface area contributed by atoms with Crippen molar-refractivity contribution < 1.29 is 27.5 Å². The van der Waals surface area contributed by atoms with Crippen molar-refractivity contribution in [3.8, 4) is 17.3 Å². The van der Waals surface area contributed by atoms with Crippen LogP contribution in [-0.4, -0.2) is 69.3 Å². The second-order valence-corrected chi connectivity index (χ2v) is 13.5. The number of halogens is 3. The van der Waals surface area contributed by atoms with Crippen molar-refractivity contribution in [3.05, 3.63) is 41.6 Å². The molecule has 1 aromatic carbocycles. The smallest absolute Gasteiger partial charge is 0.265 e. The van der Waals surface area contributed by atoms with Crippen LogP contribution in [0.3, 0.4) is 0 Å². The van der Waals surface area contributed by atoms with Crippen molar-refractivity contribution in [3.63, 3.8) is 0 Å². The Hall–Kier alpha value is -4.13. The number of rotatable bonds is 4. The third-order valence-corrected chi connectivity index (χ3v) is 9.51. The molecule has 6 rings (SSSR count). The average Bonchev–Trinajstić information content (AvgIpc) is 3.55. The van der Waals surface area contributed by atoms with E-state index in [-0.39, 0.29) is 24.3 Å². The van der Waals surface area contributed by atoms with Crippen LogP contribution in [0.5, 0.6) is 5.75 Å². The molecule has 0 spiro atoms. The van der Waals surface area contributed by atoms with Crippen LogP contribution >= 0.6 is 0 Å². The SMILES string of the molecule is COc1cc(C(=O)N[C@H]2CNCC[C@@H]2F)cc2nc(-c3cc4ccc5nc4n3CC(F)(F)CCCCC(C)(C)C(=O)N[C@@H]5C)n(C)c12. The Morgan fingerprint density at radius 2 is 1.89 bits per heavy atom. The number of aromatic nitrogens is 4. The second-order valence-electron chi connectivity index (χ2n) is 13.5. The van der Waals surface area contributed by atoms with Crippen LogP contribution in [0.4, 0.5) is 13.2 Å². The van der Waals surface area contributed by atoms with Crippen LogP contribution in [0.1, 0.15) is 75.0 Å². The molecule has 2 aliphatic heterocycles. The van der Waals surface area contributed by atoms with Crippen molar-refractivity contribution in [2.45, 2.75) is 83.6 Å². The summed E-state index contributed by atoms with van der Waals surface area (Å²) in [7, 11) is 3.24. The van der Waals surface area contributed by atoms with Crippen molar-refractivity contribution in [1.82, 2.24) is 35.1 Å². The predicted molar refractivity (Wildman–Crippen MR) is 173 cm³/mol. The van der Waals surface area contributed by atoms with Gasteiger partial charge in [0.25, 0.3) is 11.8 Å². The fourth-order valence-electron chi connectivity index (χ4n) is 6.61. The molecule has 2 aliphatic rings. The molecule has 0 unspecified atom stereocenters. The van der Waals surface area contributed by atoms with Gasteiger partial charge in [-0.25, -0.2) is 23.1 Å². The summed E-state index contributed by atoms with van der Waals surface area (Å²) in [5.41, 5.74) is 1.87. The van der Waals surface area contributed by atoms with Crippen LogP contribution in [0.25, 0.3) is 33.6 Å². The highest BCUT2D eigenvalue weighted by Gasteiger charge is 2.35. The minimum Gasteiger partial charge on any atom is -0.494 e. The fraction of sp³-hybridized carbons (Fsp3) is 0.529. The van der Waals surface area contributed by atoms with Crippen LogP contribution < -0.4 is 20.7 Å². The molecule has 1 saturated heterocycles. The van der Waals surface area contributed by atoms with E-state index in [1.807, 2.05) is 26.8 Å². The highest BCUT2D eigenvalue weighted by atomic mass is 19.3. The molecule has 1 fully saturated rings. The number of nitrogens with zero attached hydrogens (tertiary/aromatic N) is 4. The first kappa shape index (κ1) is 32.8. The van der Waals surface area contributed by atoms with Gasteiger partial charge in [0, 0.05) is 36.4 Å². The largest absolute Gasteiger partial charge is 0.494 e. The lowest BCUT2D eigenvalue weighted by Gasteiger charge is -2.27. The topological polar surface area (TPSA) is 115 Å². The quantitative estimate of drug-likeness (QED) is 0.270. The second kappa shape index (κ2) is 12.5. The summed E-state index contributed by atoms with van der Waals surface area (Å²) in [5.74, 6) is -2.92. The number of benzene rings is 1. The Bertz CT molecular complexity index is 1830. The van der Waals surface area contributed by atoms with Crippen molar-refractivity contribution in [1.29, 1.82) is 0 Å². The molecule has 5 heterocycles. The van der Waals surface area contributed by atoms with Crippen LogP contribution in [0.15, 0.2) is 30.3 Å². The Morgan fingerprint density at radius 3 is 2.64 bits per heavy atom. The van der Waals surface area contributed by atoms with Gasteiger partial charge in [0.1, 0.15) is 23.1 Å². The standard InChI is InChI=1S/C34H42F3N7O3/c1-19-23-9-8-20-15-26(44(29(20)40-23)18-34(36,37)12-7-6-11-33(2,3)32(46)39-19)30-41-24-14-21(16-27(47-5)28(24)43(30)4)31(45)42-25-17-38-13-10-22(25)35/h8-9,14-16,19,22,25,38H,6-7,10-13,17-18H2,1-5H3,(H,39,46)(H,42,45)/t19-,22+,25+/m1/s1. The predicted octanol–water partition coefficient (Wildman–Crippen LogP) is 5.44. The molecule has 2 amide bonds. The molecule has 2 bridgehead atoms. The van der Waals surface area contributed by atoms with E-state index in [0.29, 0.717) is 77.4 Å². The van der Waals surface area contributed by atoms with E-state index in [1.165, 1.54) is 11.7 Å². The van der Waals surface area contributed by atoms with Crippen LogP contribution in [0.2, 0.25) is 0 Å². The maximum atomic E-state index is 15.7. The summed E-state index contributed by atoms with van der Waals surface area (Å²) in [6.07, 6.45) is 0.0565. The summed E-state index contributed by atoms with van der Waals surface area (Å²) in [6.45, 7) is 5.77. The lowest BCUT2D eigenvalue weighted by Crippen LogP contribution is -2.52. The number of nitrogens with one attached hydrogen (secondary N) is 3. The molecule has 3 N–H and O–H groups in total. The summed E-state index contributed by atoms with van der Waals surface area (Å²) in [4.78, 5) is 36.0. The minimum atomic E-state index is -3.06. The van der Waals surface area contributed by atoms with E-state index in [9.17, 15) is 14.0 Å². The molecule has 3 aromatic heterocycles. The van der Waals surface area contributed by atoms with Gasteiger partial charge in [0.2, 0.25) is 5.91 Å². The van der Waals surface area contributed by atoms with Gasteiger partial charge in [0.15, 0.2) is 5.82 Å². The highest BCUT2D eigenvalue weighted by Crippen LogP contribution is 2.37. The number of amides is 2. The number of pyridine rings is 1. The fourth-order valence-corrected chi connectivity index (χ4v) is 6.61. The first-order chi connectivity index (χ1) is 22.3. The molecular weight excluding hydrogens is 611 g/mol. The lowest BCUT2D eigenvalue weighted by atomic mass is 9.85.